The van der Waals surface area contributed by atoms with Gasteiger partial charge < -0.3 is 25.2 Å². The van der Waals surface area contributed by atoms with Crippen molar-refractivity contribution < 1.29 is 29.0 Å². The molecule has 0 spiro atoms. The Hall–Kier alpha value is -3.88. The summed E-state index contributed by atoms with van der Waals surface area (Å²) in [6, 6.07) is 20.5. The summed E-state index contributed by atoms with van der Waals surface area (Å²) in [6.07, 6.45) is -0.579. The van der Waals surface area contributed by atoms with Crippen LogP contribution in [0.25, 0.3) is 11.1 Å². The average Bonchev–Trinajstić information content (AvgIpc) is 3.16. The number of amides is 2. The standard InChI is InChI=1S/C26H23ClN2O6/c27-21-10-5-11-22(24(21)25(31)32)29-23(30)15-34-13-12-28-26(33)35-14-20-18-8-3-1-6-16(18)17-7-2-4-9-19(17)20/h1-11,20H,12-15H2,(H,28,33)(H,29,30)(H,31,32). The Morgan fingerprint density at radius 2 is 1.57 bits per heavy atom. The quantitative estimate of drug-likeness (QED) is 0.376. The molecule has 180 valence electrons. The lowest BCUT2D eigenvalue weighted by Crippen LogP contribution is -2.30. The van der Waals surface area contributed by atoms with Gasteiger partial charge in [0.25, 0.3) is 0 Å². The minimum absolute atomic E-state index is 0.0171. The minimum atomic E-state index is -1.25. The van der Waals surface area contributed by atoms with Crippen molar-refractivity contribution in [2.75, 3.05) is 31.7 Å². The summed E-state index contributed by atoms with van der Waals surface area (Å²) < 4.78 is 10.7. The van der Waals surface area contributed by atoms with E-state index in [1.165, 1.54) is 18.2 Å². The van der Waals surface area contributed by atoms with Crippen molar-refractivity contribution in [2.24, 2.45) is 0 Å². The molecular formula is C26H23ClN2O6. The fraction of sp³-hybridized carbons (Fsp3) is 0.192. The van der Waals surface area contributed by atoms with Crippen molar-refractivity contribution in [3.8, 4) is 11.1 Å². The molecule has 0 aliphatic heterocycles. The van der Waals surface area contributed by atoms with E-state index in [1.807, 2.05) is 36.4 Å². The van der Waals surface area contributed by atoms with E-state index in [2.05, 4.69) is 22.8 Å². The van der Waals surface area contributed by atoms with Crippen LogP contribution in [0, 0.1) is 0 Å². The summed E-state index contributed by atoms with van der Waals surface area (Å²) in [5.74, 6) is -1.83. The van der Waals surface area contributed by atoms with Gasteiger partial charge >= 0.3 is 12.1 Å². The van der Waals surface area contributed by atoms with Crippen LogP contribution in [0.4, 0.5) is 10.5 Å². The number of rotatable bonds is 9. The molecule has 1 aliphatic rings. The zero-order valence-electron chi connectivity index (χ0n) is 18.6. The Morgan fingerprint density at radius 1 is 0.914 bits per heavy atom. The molecule has 35 heavy (non-hydrogen) atoms. The first-order valence-electron chi connectivity index (χ1n) is 10.9. The van der Waals surface area contributed by atoms with E-state index < -0.39 is 18.0 Å². The highest BCUT2D eigenvalue weighted by molar-refractivity contribution is 6.34. The first kappa shape index (κ1) is 24.3. The SMILES string of the molecule is O=C(COCCNC(=O)OCC1c2ccccc2-c2ccccc21)Nc1cccc(Cl)c1C(=O)O. The summed E-state index contributed by atoms with van der Waals surface area (Å²) >= 11 is 5.88. The fourth-order valence-electron chi connectivity index (χ4n) is 4.07. The van der Waals surface area contributed by atoms with Gasteiger partial charge in [0.15, 0.2) is 0 Å². The van der Waals surface area contributed by atoms with Gasteiger partial charge in [-0.25, -0.2) is 9.59 Å². The average molecular weight is 495 g/mol. The molecule has 0 unspecified atom stereocenters. The highest BCUT2D eigenvalue weighted by atomic mass is 35.5. The molecule has 0 fully saturated rings. The van der Waals surface area contributed by atoms with E-state index in [0.717, 1.165) is 22.3 Å². The maximum Gasteiger partial charge on any atom is 0.407 e. The van der Waals surface area contributed by atoms with Gasteiger partial charge in [0.05, 0.1) is 17.3 Å². The van der Waals surface area contributed by atoms with E-state index >= 15 is 0 Å². The van der Waals surface area contributed by atoms with Gasteiger partial charge in [-0.1, -0.05) is 66.2 Å². The Bertz CT molecular complexity index is 1220. The normalized spacial score (nSPS) is 11.9. The number of halogens is 1. The van der Waals surface area contributed by atoms with E-state index in [1.54, 1.807) is 0 Å². The number of nitrogens with one attached hydrogen (secondary N) is 2. The number of ether oxygens (including phenoxy) is 2. The van der Waals surface area contributed by atoms with Crippen LogP contribution in [0.5, 0.6) is 0 Å². The number of aromatic carboxylic acids is 1. The molecule has 3 aromatic carbocycles. The number of hydrogen-bond donors (Lipinski definition) is 3. The van der Waals surface area contributed by atoms with Gasteiger partial charge in [0, 0.05) is 12.5 Å². The van der Waals surface area contributed by atoms with Crippen molar-refractivity contribution in [3.63, 3.8) is 0 Å². The third-order valence-electron chi connectivity index (χ3n) is 5.59. The first-order chi connectivity index (χ1) is 17.0. The largest absolute Gasteiger partial charge is 0.478 e. The van der Waals surface area contributed by atoms with Gasteiger partial charge in [-0.3, -0.25) is 4.79 Å². The Balaban J connectivity index is 1.19. The van der Waals surface area contributed by atoms with Gasteiger partial charge in [0.2, 0.25) is 5.91 Å². The van der Waals surface area contributed by atoms with Crippen LogP contribution in [0.15, 0.2) is 66.7 Å². The molecule has 1 aliphatic carbocycles. The highest BCUT2D eigenvalue weighted by Gasteiger charge is 2.28. The molecule has 8 nitrogen and oxygen atoms in total. The van der Waals surface area contributed by atoms with E-state index in [-0.39, 0.29) is 48.6 Å². The van der Waals surface area contributed by atoms with Gasteiger partial charge in [-0.2, -0.15) is 0 Å². The monoisotopic (exact) mass is 494 g/mol. The number of anilines is 1. The van der Waals surface area contributed by atoms with Crippen LogP contribution in [0.3, 0.4) is 0 Å². The maximum absolute atomic E-state index is 12.2. The van der Waals surface area contributed by atoms with E-state index in [4.69, 9.17) is 21.1 Å². The molecule has 9 heteroatoms. The molecule has 0 atom stereocenters. The van der Waals surface area contributed by atoms with Crippen molar-refractivity contribution in [3.05, 3.63) is 88.4 Å². The summed E-state index contributed by atoms with van der Waals surface area (Å²) in [6.45, 7) is 0.0903. The molecule has 2 amide bonds. The molecule has 0 heterocycles. The van der Waals surface area contributed by atoms with Crippen LogP contribution in [-0.2, 0) is 14.3 Å². The second-order valence-electron chi connectivity index (χ2n) is 7.82. The number of carboxylic acids is 1. The molecule has 4 rings (SSSR count). The molecule has 3 aromatic rings. The zero-order valence-corrected chi connectivity index (χ0v) is 19.4. The van der Waals surface area contributed by atoms with E-state index in [9.17, 15) is 19.5 Å². The van der Waals surface area contributed by atoms with Crippen molar-refractivity contribution in [1.82, 2.24) is 5.32 Å². The lowest BCUT2D eigenvalue weighted by atomic mass is 9.98. The van der Waals surface area contributed by atoms with Crippen LogP contribution < -0.4 is 10.6 Å². The third-order valence-corrected chi connectivity index (χ3v) is 5.91. The second-order valence-corrected chi connectivity index (χ2v) is 8.23. The van der Waals surface area contributed by atoms with Gasteiger partial charge in [0.1, 0.15) is 18.8 Å². The maximum atomic E-state index is 12.2. The molecular weight excluding hydrogens is 472 g/mol. The molecule has 3 N–H and O–H groups in total. The predicted molar refractivity (Wildman–Crippen MR) is 131 cm³/mol. The molecule has 0 saturated heterocycles. The summed E-state index contributed by atoms with van der Waals surface area (Å²) in [5.41, 5.74) is 4.44. The number of carboxylic acid groups (broad SMARTS) is 1. The zero-order chi connectivity index (χ0) is 24.8. The minimum Gasteiger partial charge on any atom is -0.478 e. The number of carbonyl (C=O) groups is 3. The lowest BCUT2D eigenvalue weighted by molar-refractivity contribution is -0.120. The first-order valence-corrected chi connectivity index (χ1v) is 11.3. The lowest BCUT2D eigenvalue weighted by Gasteiger charge is -2.14. The highest BCUT2D eigenvalue weighted by Crippen LogP contribution is 2.44. The number of alkyl carbamates (subject to hydrolysis) is 1. The van der Waals surface area contributed by atoms with Crippen molar-refractivity contribution in [2.45, 2.75) is 5.92 Å². The van der Waals surface area contributed by atoms with Gasteiger partial charge in [-0.15, -0.1) is 0 Å². The summed E-state index contributed by atoms with van der Waals surface area (Å²) in [4.78, 5) is 35.5. The van der Waals surface area contributed by atoms with Crippen molar-refractivity contribution >= 4 is 35.3 Å². The molecule has 0 saturated carbocycles. The number of benzene rings is 3. The second kappa shape index (κ2) is 11.0. The summed E-state index contributed by atoms with van der Waals surface area (Å²) in [5, 5.41) is 14.3. The Labute approximate surface area is 206 Å². The Morgan fingerprint density at radius 3 is 2.23 bits per heavy atom. The topological polar surface area (TPSA) is 114 Å². The van der Waals surface area contributed by atoms with E-state index in [0.29, 0.717) is 0 Å². The van der Waals surface area contributed by atoms with Crippen LogP contribution in [-0.4, -0.2) is 49.4 Å². The molecule has 0 aromatic heterocycles. The Kier molecular flexibility index (Phi) is 7.64. The third kappa shape index (κ3) is 5.62. The fourth-order valence-corrected chi connectivity index (χ4v) is 4.33. The van der Waals surface area contributed by atoms with Crippen molar-refractivity contribution in [1.29, 1.82) is 0 Å². The molecule has 0 radical (unpaired) electrons. The van der Waals surface area contributed by atoms with Crippen LogP contribution in [0.2, 0.25) is 5.02 Å². The van der Waals surface area contributed by atoms with Crippen LogP contribution >= 0.6 is 11.6 Å². The number of hydrogen-bond acceptors (Lipinski definition) is 5. The predicted octanol–water partition coefficient (Wildman–Crippen LogP) is 4.53. The summed E-state index contributed by atoms with van der Waals surface area (Å²) in [7, 11) is 0. The van der Waals surface area contributed by atoms with Crippen LogP contribution in [0.1, 0.15) is 27.4 Å². The molecule has 0 bridgehead atoms. The number of fused-ring (bicyclic) bond motifs is 3. The van der Waals surface area contributed by atoms with Gasteiger partial charge in [-0.05, 0) is 34.4 Å². The smallest absolute Gasteiger partial charge is 0.407 e. The number of carbonyl (C=O) groups excluding carboxylic acids is 2.